The Hall–Kier alpha value is -0.900. The van der Waals surface area contributed by atoms with Crippen LogP contribution in [0.1, 0.15) is 0 Å². The molecule has 0 amide bonds. The topological polar surface area (TPSA) is 12.5 Å². The second kappa shape index (κ2) is 4.37. The second-order valence-electron chi connectivity index (χ2n) is 2.66. The van der Waals surface area contributed by atoms with Gasteiger partial charge in [-0.15, -0.1) is 0 Å². The van der Waals surface area contributed by atoms with Gasteiger partial charge in [-0.25, -0.2) is 4.39 Å². The molecule has 0 radical (unpaired) electrons. The first kappa shape index (κ1) is 10.2. The minimum Gasteiger partial charge on any atom is -0.494 e. The molecule has 13 heavy (non-hydrogen) atoms. The Morgan fingerprint density at radius 2 is 2.23 bits per heavy atom. The van der Waals surface area contributed by atoms with E-state index in [0.717, 1.165) is 5.69 Å². The SMILES string of the molecule is COc1ccc(N(C)CS)cc1F. The van der Waals surface area contributed by atoms with Gasteiger partial charge in [-0.3, -0.25) is 0 Å². The summed E-state index contributed by atoms with van der Waals surface area (Å²) >= 11 is 4.08. The van der Waals surface area contributed by atoms with Gasteiger partial charge >= 0.3 is 0 Å². The lowest BCUT2D eigenvalue weighted by Gasteiger charge is -2.16. The number of nitrogens with zero attached hydrogens (tertiary/aromatic N) is 1. The molecule has 0 saturated carbocycles. The quantitative estimate of drug-likeness (QED) is 0.594. The molecular formula is C9H12FNOS. The molecule has 4 heteroatoms. The smallest absolute Gasteiger partial charge is 0.167 e. The molecule has 0 aromatic heterocycles. The molecule has 2 nitrogen and oxygen atoms in total. The molecule has 0 fully saturated rings. The van der Waals surface area contributed by atoms with Gasteiger partial charge in [0.05, 0.1) is 13.0 Å². The summed E-state index contributed by atoms with van der Waals surface area (Å²) in [5, 5.41) is 0. The van der Waals surface area contributed by atoms with Crippen molar-refractivity contribution in [3.05, 3.63) is 24.0 Å². The summed E-state index contributed by atoms with van der Waals surface area (Å²) in [5.41, 5.74) is 0.785. The molecule has 0 saturated heterocycles. The minimum atomic E-state index is -0.353. The Labute approximate surface area is 82.7 Å². The van der Waals surface area contributed by atoms with Crippen molar-refractivity contribution in [3.63, 3.8) is 0 Å². The fraction of sp³-hybridized carbons (Fsp3) is 0.333. The fourth-order valence-corrected chi connectivity index (χ4v) is 1.14. The largest absolute Gasteiger partial charge is 0.494 e. The van der Waals surface area contributed by atoms with Gasteiger partial charge in [-0.2, -0.15) is 12.6 Å². The monoisotopic (exact) mass is 201 g/mol. The number of rotatable bonds is 3. The van der Waals surface area contributed by atoms with E-state index in [1.165, 1.54) is 13.2 Å². The standard InChI is InChI=1S/C9H12FNOS/c1-11(6-13)7-3-4-9(12-2)8(10)5-7/h3-5,13H,6H2,1-2H3. The number of methoxy groups -OCH3 is 1. The maximum absolute atomic E-state index is 13.2. The molecule has 0 unspecified atom stereocenters. The van der Waals surface area contributed by atoms with Crippen LogP contribution in [0.4, 0.5) is 10.1 Å². The van der Waals surface area contributed by atoms with E-state index in [9.17, 15) is 4.39 Å². The number of halogens is 1. The van der Waals surface area contributed by atoms with Crippen LogP contribution in [0.5, 0.6) is 5.75 Å². The maximum atomic E-state index is 13.2. The first-order valence-corrected chi connectivity index (χ1v) is 4.48. The van der Waals surface area contributed by atoms with Crippen LogP contribution in [0.25, 0.3) is 0 Å². The van der Waals surface area contributed by atoms with E-state index >= 15 is 0 Å². The molecule has 1 aromatic carbocycles. The number of hydrogen-bond donors (Lipinski definition) is 1. The van der Waals surface area contributed by atoms with Gasteiger partial charge in [0.1, 0.15) is 0 Å². The van der Waals surface area contributed by atoms with Crippen LogP contribution in [-0.4, -0.2) is 20.0 Å². The Bertz CT molecular complexity index is 293. The predicted octanol–water partition coefficient (Wildman–Crippen LogP) is 2.16. The zero-order chi connectivity index (χ0) is 9.84. The predicted molar refractivity (Wildman–Crippen MR) is 55.2 cm³/mol. The summed E-state index contributed by atoms with van der Waals surface area (Å²) in [5.74, 6) is 0.455. The van der Waals surface area contributed by atoms with Crippen LogP contribution in [0.15, 0.2) is 18.2 Å². The van der Waals surface area contributed by atoms with Crippen molar-refractivity contribution >= 4 is 18.3 Å². The van der Waals surface area contributed by atoms with Crippen molar-refractivity contribution in [2.75, 3.05) is 24.9 Å². The number of hydrogen-bond acceptors (Lipinski definition) is 3. The number of thiol groups is 1. The summed E-state index contributed by atoms with van der Waals surface area (Å²) < 4.78 is 18.0. The molecule has 0 N–H and O–H groups in total. The Balaban J connectivity index is 2.95. The summed E-state index contributed by atoms with van der Waals surface area (Å²) in [7, 11) is 3.29. The van der Waals surface area contributed by atoms with E-state index in [1.54, 1.807) is 12.1 Å². The van der Waals surface area contributed by atoms with Crippen molar-refractivity contribution in [1.82, 2.24) is 0 Å². The highest BCUT2D eigenvalue weighted by molar-refractivity contribution is 7.80. The van der Waals surface area contributed by atoms with E-state index in [1.807, 2.05) is 11.9 Å². The molecule has 1 aromatic rings. The van der Waals surface area contributed by atoms with Crippen LogP contribution in [0.3, 0.4) is 0 Å². The van der Waals surface area contributed by atoms with Gasteiger partial charge in [0.15, 0.2) is 11.6 Å². The molecule has 0 heterocycles. The van der Waals surface area contributed by atoms with Crippen molar-refractivity contribution in [2.45, 2.75) is 0 Å². The van der Waals surface area contributed by atoms with Crippen LogP contribution < -0.4 is 9.64 Å². The van der Waals surface area contributed by atoms with Crippen LogP contribution in [0.2, 0.25) is 0 Å². The van der Waals surface area contributed by atoms with Gasteiger partial charge < -0.3 is 9.64 Å². The molecule has 72 valence electrons. The van der Waals surface area contributed by atoms with Crippen LogP contribution in [0, 0.1) is 5.82 Å². The lowest BCUT2D eigenvalue weighted by atomic mass is 10.3. The first-order valence-electron chi connectivity index (χ1n) is 3.84. The Morgan fingerprint density at radius 3 is 2.69 bits per heavy atom. The summed E-state index contributed by atoms with van der Waals surface area (Å²) in [6.45, 7) is 0. The fourth-order valence-electron chi connectivity index (χ4n) is 0.974. The van der Waals surface area contributed by atoms with Crippen molar-refractivity contribution < 1.29 is 9.13 Å². The lowest BCUT2D eigenvalue weighted by molar-refractivity contribution is 0.386. The molecule has 0 aliphatic rings. The minimum absolute atomic E-state index is 0.260. The van der Waals surface area contributed by atoms with Gasteiger partial charge in [-0.1, -0.05) is 0 Å². The Kier molecular flexibility index (Phi) is 3.42. The van der Waals surface area contributed by atoms with Gasteiger partial charge in [0.25, 0.3) is 0 Å². The van der Waals surface area contributed by atoms with Gasteiger partial charge in [0, 0.05) is 18.8 Å². The van der Waals surface area contributed by atoms with Gasteiger partial charge in [0.2, 0.25) is 0 Å². The average Bonchev–Trinajstić information content (AvgIpc) is 2.16. The maximum Gasteiger partial charge on any atom is 0.167 e. The van der Waals surface area contributed by atoms with Crippen LogP contribution in [-0.2, 0) is 0 Å². The van der Waals surface area contributed by atoms with E-state index in [0.29, 0.717) is 5.88 Å². The van der Waals surface area contributed by atoms with E-state index in [4.69, 9.17) is 4.74 Å². The summed E-state index contributed by atoms with van der Waals surface area (Å²) in [6.07, 6.45) is 0. The van der Waals surface area contributed by atoms with E-state index < -0.39 is 0 Å². The van der Waals surface area contributed by atoms with E-state index in [2.05, 4.69) is 12.6 Å². The highest BCUT2D eigenvalue weighted by Crippen LogP contribution is 2.22. The molecule has 0 bridgehead atoms. The highest BCUT2D eigenvalue weighted by Gasteiger charge is 2.05. The number of benzene rings is 1. The molecule has 1 rings (SSSR count). The average molecular weight is 201 g/mol. The molecular weight excluding hydrogens is 189 g/mol. The van der Waals surface area contributed by atoms with Crippen molar-refractivity contribution in [3.8, 4) is 5.75 Å². The third-order valence-corrected chi connectivity index (χ3v) is 2.21. The zero-order valence-corrected chi connectivity index (χ0v) is 8.51. The number of anilines is 1. The molecule has 0 spiro atoms. The third kappa shape index (κ3) is 2.28. The normalized spacial score (nSPS) is 9.85. The number of ether oxygens (including phenoxy) is 1. The van der Waals surface area contributed by atoms with E-state index in [-0.39, 0.29) is 11.6 Å². The third-order valence-electron chi connectivity index (χ3n) is 1.79. The lowest BCUT2D eigenvalue weighted by Crippen LogP contribution is -2.14. The highest BCUT2D eigenvalue weighted by atomic mass is 32.1. The molecule has 0 atom stereocenters. The Morgan fingerprint density at radius 1 is 1.54 bits per heavy atom. The van der Waals surface area contributed by atoms with Crippen LogP contribution >= 0.6 is 12.6 Å². The summed E-state index contributed by atoms with van der Waals surface area (Å²) in [6, 6.07) is 4.82. The molecule has 0 aliphatic heterocycles. The van der Waals surface area contributed by atoms with Crippen molar-refractivity contribution in [1.29, 1.82) is 0 Å². The molecule has 0 aliphatic carbocycles. The zero-order valence-electron chi connectivity index (χ0n) is 7.62. The summed E-state index contributed by atoms with van der Waals surface area (Å²) in [4.78, 5) is 1.83. The van der Waals surface area contributed by atoms with Gasteiger partial charge in [-0.05, 0) is 12.1 Å². The van der Waals surface area contributed by atoms with Crippen molar-refractivity contribution in [2.24, 2.45) is 0 Å². The second-order valence-corrected chi connectivity index (χ2v) is 2.94. The first-order chi connectivity index (χ1) is 6.19.